The number of hydrogen-bond acceptors (Lipinski definition) is 2. The second-order valence-corrected chi connectivity index (χ2v) is 3.14. The van der Waals surface area contributed by atoms with Crippen molar-refractivity contribution in [2.45, 2.75) is 19.8 Å². The van der Waals surface area contributed by atoms with Gasteiger partial charge in [-0.25, -0.2) is 5.84 Å². The minimum absolute atomic E-state index is 0.223. The average Bonchev–Trinajstić information content (AvgIpc) is 2.26. The highest BCUT2D eigenvalue weighted by Gasteiger charge is 2.10. The van der Waals surface area contributed by atoms with Gasteiger partial charge in [-0.05, 0) is 12.5 Å². The first-order chi connectivity index (χ1) is 6.79. The summed E-state index contributed by atoms with van der Waals surface area (Å²) in [5.74, 6) is 6.47. The summed E-state index contributed by atoms with van der Waals surface area (Å²) in [7, 11) is 0. The number of aliphatic imine (C=N–C) groups is 1. The van der Waals surface area contributed by atoms with Gasteiger partial charge in [0, 0.05) is 12.5 Å². The topological polar surface area (TPSA) is 50.4 Å². The predicted octanol–water partition coefficient (Wildman–Crippen LogP) is 1.67. The summed E-state index contributed by atoms with van der Waals surface area (Å²) in [4.78, 5) is 4.30. The van der Waals surface area contributed by atoms with Crippen LogP contribution in [0.1, 0.15) is 25.3 Å². The molecule has 76 valence electrons. The summed E-state index contributed by atoms with van der Waals surface area (Å²) in [6.45, 7) is 4.83. The van der Waals surface area contributed by atoms with Crippen molar-refractivity contribution in [1.82, 2.24) is 5.43 Å². The van der Waals surface area contributed by atoms with E-state index in [0.717, 1.165) is 12.4 Å². The minimum Gasteiger partial charge on any atom is -0.312 e. The fourth-order valence-corrected chi connectivity index (χ4v) is 1.38. The Hall–Kier alpha value is -1.35. The molecule has 0 fully saturated rings. The van der Waals surface area contributed by atoms with E-state index in [0.29, 0.717) is 0 Å². The van der Waals surface area contributed by atoms with Gasteiger partial charge in [0.05, 0.1) is 0 Å². The van der Waals surface area contributed by atoms with E-state index in [-0.39, 0.29) is 5.92 Å². The maximum absolute atomic E-state index is 5.42. The van der Waals surface area contributed by atoms with Crippen molar-refractivity contribution in [1.29, 1.82) is 0 Å². The molecule has 0 spiro atoms. The molecule has 0 aliphatic rings. The van der Waals surface area contributed by atoms with Crippen molar-refractivity contribution < 1.29 is 0 Å². The standard InChI is InChI=1S/C11H17N3/c1-3-13-11(14-12)9(2)10-7-5-4-6-8-10/h4-9H,3,12H2,1-2H3,(H,13,14). The zero-order valence-corrected chi connectivity index (χ0v) is 8.70. The highest BCUT2D eigenvalue weighted by Crippen LogP contribution is 2.14. The molecule has 0 aliphatic carbocycles. The van der Waals surface area contributed by atoms with Crippen molar-refractivity contribution in [2.75, 3.05) is 6.54 Å². The Labute approximate surface area is 85.0 Å². The molecule has 0 radical (unpaired) electrons. The van der Waals surface area contributed by atoms with Crippen LogP contribution in [0.5, 0.6) is 0 Å². The van der Waals surface area contributed by atoms with E-state index in [2.05, 4.69) is 29.5 Å². The van der Waals surface area contributed by atoms with E-state index in [9.17, 15) is 0 Å². The molecule has 1 aromatic rings. The summed E-state index contributed by atoms with van der Waals surface area (Å²) < 4.78 is 0. The number of hydrazine groups is 1. The average molecular weight is 191 g/mol. The fraction of sp³-hybridized carbons (Fsp3) is 0.364. The lowest BCUT2D eigenvalue weighted by atomic mass is 10.0. The van der Waals surface area contributed by atoms with Crippen LogP contribution in [0.2, 0.25) is 0 Å². The Morgan fingerprint density at radius 3 is 2.57 bits per heavy atom. The lowest BCUT2D eigenvalue weighted by Gasteiger charge is -2.14. The van der Waals surface area contributed by atoms with E-state index < -0.39 is 0 Å². The molecule has 1 aromatic carbocycles. The zero-order valence-electron chi connectivity index (χ0n) is 8.70. The van der Waals surface area contributed by atoms with Crippen LogP contribution in [-0.4, -0.2) is 12.4 Å². The van der Waals surface area contributed by atoms with Crippen molar-refractivity contribution >= 4 is 5.84 Å². The summed E-state index contributed by atoms with van der Waals surface area (Å²) in [5.41, 5.74) is 3.87. The second kappa shape index (κ2) is 5.40. The van der Waals surface area contributed by atoms with Gasteiger partial charge in [-0.1, -0.05) is 37.3 Å². The number of hydrogen-bond donors (Lipinski definition) is 2. The number of nitrogens with one attached hydrogen (secondary N) is 1. The van der Waals surface area contributed by atoms with Crippen molar-refractivity contribution in [3.8, 4) is 0 Å². The van der Waals surface area contributed by atoms with Gasteiger partial charge in [-0.3, -0.25) is 4.99 Å². The van der Waals surface area contributed by atoms with Crippen LogP contribution in [0.25, 0.3) is 0 Å². The Balaban J connectivity index is 2.83. The van der Waals surface area contributed by atoms with Crippen molar-refractivity contribution in [3.05, 3.63) is 35.9 Å². The van der Waals surface area contributed by atoms with Crippen LogP contribution in [0.15, 0.2) is 35.3 Å². The molecule has 0 bridgehead atoms. The molecule has 14 heavy (non-hydrogen) atoms. The molecule has 0 amide bonds. The largest absolute Gasteiger partial charge is 0.312 e. The number of nitrogens with two attached hydrogens (primary N) is 1. The molecule has 1 atom stereocenters. The van der Waals surface area contributed by atoms with E-state index in [1.807, 2.05) is 25.1 Å². The number of amidine groups is 1. The molecule has 3 nitrogen and oxygen atoms in total. The maximum atomic E-state index is 5.42. The van der Waals surface area contributed by atoms with Crippen molar-refractivity contribution in [2.24, 2.45) is 10.8 Å². The molecule has 1 rings (SSSR count). The monoisotopic (exact) mass is 191 g/mol. The molecule has 1 unspecified atom stereocenters. The van der Waals surface area contributed by atoms with Gasteiger partial charge in [0.25, 0.3) is 0 Å². The van der Waals surface area contributed by atoms with Crippen LogP contribution >= 0.6 is 0 Å². The molecule has 0 aromatic heterocycles. The van der Waals surface area contributed by atoms with Crippen LogP contribution in [0.4, 0.5) is 0 Å². The maximum Gasteiger partial charge on any atom is 0.118 e. The quantitative estimate of drug-likeness (QED) is 0.330. The SMILES string of the molecule is CCN=C(NN)C(C)c1ccccc1. The van der Waals surface area contributed by atoms with Gasteiger partial charge < -0.3 is 5.43 Å². The third-order valence-electron chi connectivity index (χ3n) is 2.19. The van der Waals surface area contributed by atoms with Gasteiger partial charge in [-0.15, -0.1) is 0 Å². The van der Waals surface area contributed by atoms with Crippen LogP contribution in [-0.2, 0) is 0 Å². The Kier molecular flexibility index (Phi) is 4.13. The van der Waals surface area contributed by atoms with Gasteiger partial charge in [0.15, 0.2) is 0 Å². The minimum atomic E-state index is 0.223. The molecule has 0 saturated carbocycles. The highest BCUT2D eigenvalue weighted by atomic mass is 15.3. The second-order valence-electron chi connectivity index (χ2n) is 3.14. The molecule has 3 heteroatoms. The molecule has 0 saturated heterocycles. The zero-order chi connectivity index (χ0) is 10.4. The van der Waals surface area contributed by atoms with Gasteiger partial charge in [0.1, 0.15) is 5.84 Å². The van der Waals surface area contributed by atoms with E-state index in [1.165, 1.54) is 5.56 Å². The Morgan fingerprint density at radius 1 is 1.43 bits per heavy atom. The van der Waals surface area contributed by atoms with Gasteiger partial charge in [0.2, 0.25) is 0 Å². The first kappa shape index (κ1) is 10.7. The Morgan fingerprint density at radius 2 is 2.07 bits per heavy atom. The van der Waals surface area contributed by atoms with Crippen LogP contribution in [0.3, 0.4) is 0 Å². The molecule has 3 N–H and O–H groups in total. The van der Waals surface area contributed by atoms with Crippen LogP contribution < -0.4 is 11.3 Å². The predicted molar refractivity (Wildman–Crippen MR) is 60.2 cm³/mol. The van der Waals surface area contributed by atoms with E-state index >= 15 is 0 Å². The van der Waals surface area contributed by atoms with Crippen molar-refractivity contribution in [3.63, 3.8) is 0 Å². The molecule has 0 aliphatic heterocycles. The van der Waals surface area contributed by atoms with E-state index in [1.54, 1.807) is 0 Å². The lowest BCUT2D eigenvalue weighted by Crippen LogP contribution is -2.34. The van der Waals surface area contributed by atoms with Gasteiger partial charge >= 0.3 is 0 Å². The normalized spacial score (nSPS) is 13.8. The number of benzene rings is 1. The Bertz CT molecular complexity index is 293. The fourth-order valence-electron chi connectivity index (χ4n) is 1.38. The molecular weight excluding hydrogens is 174 g/mol. The third-order valence-corrected chi connectivity index (χ3v) is 2.19. The van der Waals surface area contributed by atoms with Crippen LogP contribution in [0, 0.1) is 0 Å². The summed E-state index contributed by atoms with van der Waals surface area (Å²) >= 11 is 0. The summed E-state index contributed by atoms with van der Waals surface area (Å²) in [6.07, 6.45) is 0. The molecular formula is C11H17N3. The first-order valence-corrected chi connectivity index (χ1v) is 4.85. The van der Waals surface area contributed by atoms with Gasteiger partial charge in [-0.2, -0.15) is 0 Å². The third kappa shape index (κ3) is 2.57. The highest BCUT2D eigenvalue weighted by molar-refractivity contribution is 5.88. The summed E-state index contributed by atoms with van der Waals surface area (Å²) in [5, 5.41) is 0. The number of rotatable bonds is 3. The van der Waals surface area contributed by atoms with E-state index in [4.69, 9.17) is 5.84 Å². The summed E-state index contributed by atoms with van der Waals surface area (Å²) in [6, 6.07) is 10.2. The number of nitrogens with zero attached hydrogens (tertiary/aromatic N) is 1. The lowest BCUT2D eigenvalue weighted by molar-refractivity contribution is 0.881. The molecule has 0 heterocycles. The first-order valence-electron chi connectivity index (χ1n) is 4.85. The smallest absolute Gasteiger partial charge is 0.118 e.